The number of anilines is 2. The topological polar surface area (TPSA) is 87.0 Å². The predicted molar refractivity (Wildman–Crippen MR) is 131 cm³/mol. The number of aromatic nitrogens is 5. The second-order valence-electron chi connectivity index (χ2n) is 7.96. The third kappa shape index (κ3) is 4.29. The highest BCUT2D eigenvalue weighted by atomic mass is 32.1. The number of thiazole rings is 1. The summed E-state index contributed by atoms with van der Waals surface area (Å²) in [5, 5.41) is 8.09. The van der Waals surface area contributed by atoms with Crippen LogP contribution in [0.4, 0.5) is 15.9 Å². The van der Waals surface area contributed by atoms with Crippen LogP contribution >= 0.6 is 11.3 Å². The molecule has 8 nitrogen and oxygen atoms in total. The number of methoxy groups -OCH3 is 1. The maximum atomic E-state index is 15.1. The predicted octanol–water partition coefficient (Wildman–Crippen LogP) is 5.33. The van der Waals surface area contributed by atoms with E-state index < -0.39 is 0 Å². The molecule has 0 unspecified atom stereocenters. The second-order valence-corrected chi connectivity index (χ2v) is 8.81. The Balaban J connectivity index is 1.62. The molecule has 0 radical (unpaired) electrons. The fourth-order valence-corrected chi connectivity index (χ4v) is 4.48. The first-order valence-electron chi connectivity index (χ1n) is 10.8. The Bertz CT molecular complexity index is 1470. The summed E-state index contributed by atoms with van der Waals surface area (Å²) in [4.78, 5) is 13.1. The first-order valence-corrected chi connectivity index (χ1v) is 11.6. The number of nitrogens with one attached hydrogen (secondary N) is 1. The maximum absolute atomic E-state index is 15.1. The average molecular weight is 479 g/mol. The Morgan fingerprint density at radius 3 is 2.82 bits per heavy atom. The van der Waals surface area contributed by atoms with Gasteiger partial charge in [0.15, 0.2) is 5.82 Å². The van der Waals surface area contributed by atoms with Gasteiger partial charge in [-0.3, -0.25) is 4.68 Å². The lowest BCUT2D eigenvalue weighted by molar-refractivity contribution is 0.136. The van der Waals surface area contributed by atoms with Crippen molar-refractivity contribution in [3.05, 3.63) is 54.3 Å². The normalized spacial score (nSPS) is 12.4. The smallest absolute Gasteiger partial charge is 0.166 e. The molecule has 34 heavy (non-hydrogen) atoms. The lowest BCUT2D eigenvalue weighted by Crippen LogP contribution is -2.15. The summed E-state index contributed by atoms with van der Waals surface area (Å²) in [6, 6.07) is 7.34. The van der Waals surface area contributed by atoms with Crippen LogP contribution in [-0.4, -0.2) is 44.6 Å². The Morgan fingerprint density at radius 1 is 1.15 bits per heavy atom. The van der Waals surface area contributed by atoms with Gasteiger partial charge in [0.25, 0.3) is 0 Å². The lowest BCUT2D eigenvalue weighted by atomic mass is 10.1. The Labute approximate surface area is 199 Å². The van der Waals surface area contributed by atoms with Gasteiger partial charge in [-0.2, -0.15) is 5.10 Å². The number of benzene rings is 2. The van der Waals surface area contributed by atoms with Gasteiger partial charge in [0.2, 0.25) is 0 Å². The van der Waals surface area contributed by atoms with Gasteiger partial charge in [-0.1, -0.05) is 0 Å². The zero-order valence-electron chi connectivity index (χ0n) is 18.9. The third-order valence-corrected chi connectivity index (χ3v) is 6.32. The summed E-state index contributed by atoms with van der Waals surface area (Å²) < 4.78 is 28.9. The van der Waals surface area contributed by atoms with Crippen molar-refractivity contribution >= 4 is 44.0 Å². The van der Waals surface area contributed by atoms with Crippen LogP contribution in [0, 0.1) is 5.82 Å². The summed E-state index contributed by atoms with van der Waals surface area (Å²) in [6.07, 6.45) is 5.77. The zero-order valence-corrected chi connectivity index (χ0v) is 19.8. The number of aryl methyl sites for hydroxylation is 1. The van der Waals surface area contributed by atoms with E-state index >= 15 is 4.39 Å². The first kappa shape index (κ1) is 22.2. The summed E-state index contributed by atoms with van der Waals surface area (Å²) in [5.74, 6) is 0.691. The number of hydrogen-bond donors (Lipinski definition) is 1. The molecule has 0 aliphatic heterocycles. The maximum Gasteiger partial charge on any atom is 0.166 e. The molecule has 0 spiro atoms. The van der Waals surface area contributed by atoms with Crippen molar-refractivity contribution in [1.29, 1.82) is 0 Å². The zero-order chi connectivity index (χ0) is 23.7. The standard InChI is InChI=1S/C24H23FN6O2S/c1-14(6-7-32-3)33-20-9-15(16-10-29-31(2)11-16)8-19-21(20)24(27-12-26-19)30-17-4-5-18-23(22(17)25)34-13-28-18/h4-5,8-14H,6-7H2,1-3H3,(H,26,27,30)/t14-/m1/s1. The van der Waals surface area contributed by atoms with E-state index in [4.69, 9.17) is 9.47 Å². The fourth-order valence-electron chi connectivity index (χ4n) is 3.76. The van der Waals surface area contributed by atoms with E-state index in [1.807, 2.05) is 32.3 Å². The van der Waals surface area contributed by atoms with Crippen molar-refractivity contribution < 1.29 is 13.9 Å². The summed E-state index contributed by atoms with van der Waals surface area (Å²) in [6.45, 7) is 2.55. The van der Waals surface area contributed by atoms with Gasteiger partial charge >= 0.3 is 0 Å². The Morgan fingerprint density at radius 2 is 2.03 bits per heavy atom. The molecule has 0 saturated heterocycles. The van der Waals surface area contributed by atoms with Crippen LogP contribution in [0.1, 0.15) is 13.3 Å². The minimum Gasteiger partial charge on any atom is -0.490 e. The van der Waals surface area contributed by atoms with Crippen LogP contribution in [0.5, 0.6) is 5.75 Å². The molecule has 1 atom stereocenters. The molecule has 0 bridgehead atoms. The molecule has 1 N–H and O–H groups in total. The van der Waals surface area contributed by atoms with Gasteiger partial charge < -0.3 is 14.8 Å². The molecule has 0 aliphatic rings. The van der Waals surface area contributed by atoms with Gasteiger partial charge in [0.05, 0.1) is 44.6 Å². The molecular formula is C24H23FN6O2S. The molecule has 3 aromatic heterocycles. The Hall–Kier alpha value is -3.63. The molecule has 0 aliphatic carbocycles. The number of halogens is 1. The largest absolute Gasteiger partial charge is 0.490 e. The van der Waals surface area contributed by atoms with Gasteiger partial charge in [0, 0.05) is 38.9 Å². The van der Waals surface area contributed by atoms with Gasteiger partial charge in [-0.05, 0) is 36.8 Å². The molecule has 5 rings (SSSR count). The highest BCUT2D eigenvalue weighted by Gasteiger charge is 2.18. The van der Waals surface area contributed by atoms with E-state index in [0.717, 1.165) is 11.1 Å². The van der Waals surface area contributed by atoms with Crippen molar-refractivity contribution in [2.45, 2.75) is 19.4 Å². The highest BCUT2D eigenvalue weighted by Crippen LogP contribution is 2.38. The van der Waals surface area contributed by atoms with Gasteiger partial charge in [-0.25, -0.2) is 19.3 Å². The monoisotopic (exact) mass is 478 g/mol. The van der Waals surface area contributed by atoms with Crippen LogP contribution in [0.25, 0.3) is 32.2 Å². The number of fused-ring (bicyclic) bond motifs is 2. The van der Waals surface area contributed by atoms with Crippen LogP contribution in [0.2, 0.25) is 0 Å². The van der Waals surface area contributed by atoms with Gasteiger partial charge in [0.1, 0.15) is 17.9 Å². The van der Waals surface area contributed by atoms with E-state index in [1.54, 1.807) is 35.6 Å². The van der Waals surface area contributed by atoms with Crippen molar-refractivity contribution in [2.24, 2.45) is 7.05 Å². The van der Waals surface area contributed by atoms with Gasteiger partial charge in [-0.15, -0.1) is 11.3 Å². The van der Waals surface area contributed by atoms with Crippen molar-refractivity contribution in [3.8, 4) is 16.9 Å². The highest BCUT2D eigenvalue weighted by molar-refractivity contribution is 7.16. The van der Waals surface area contributed by atoms with E-state index in [2.05, 4.69) is 25.4 Å². The minimum atomic E-state index is -0.366. The molecular weight excluding hydrogens is 455 g/mol. The molecule has 174 valence electrons. The van der Waals surface area contributed by atoms with Crippen LogP contribution < -0.4 is 10.1 Å². The molecule has 5 aromatic rings. The van der Waals surface area contributed by atoms with E-state index in [1.165, 1.54) is 17.7 Å². The summed E-state index contributed by atoms with van der Waals surface area (Å²) >= 11 is 1.26. The van der Waals surface area contributed by atoms with E-state index in [9.17, 15) is 0 Å². The number of rotatable bonds is 8. The molecule has 0 fully saturated rings. The van der Waals surface area contributed by atoms with Crippen molar-refractivity contribution in [3.63, 3.8) is 0 Å². The van der Waals surface area contributed by atoms with E-state index in [-0.39, 0.29) is 11.9 Å². The second kappa shape index (κ2) is 9.32. The number of nitrogens with zero attached hydrogens (tertiary/aromatic N) is 5. The minimum absolute atomic E-state index is 0.120. The molecule has 2 aromatic carbocycles. The third-order valence-electron chi connectivity index (χ3n) is 5.49. The SMILES string of the molecule is COCC[C@@H](C)Oc1cc(-c2cnn(C)c2)cc2ncnc(Nc3ccc4ncsc4c3F)c12. The van der Waals surface area contributed by atoms with Crippen LogP contribution in [-0.2, 0) is 11.8 Å². The number of ether oxygens (including phenoxy) is 2. The van der Waals surface area contributed by atoms with Crippen molar-refractivity contribution in [1.82, 2.24) is 24.7 Å². The molecule has 10 heteroatoms. The van der Waals surface area contributed by atoms with Crippen molar-refractivity contribution in [2.75, 3.05) is 19.0 Å². The first-order chi connectivity index (χ1) is 16.5. The summed E-state index contributed by atoms with van der Waals surface area (Å²) in [5.41, 5.74) is 5.09. The quantitative estimate of drug-likeness (QED) is 0.323. The Kier molecular flexibility index (Phi) is 6.08. The summed E-state index contributed by atoms with van der Waals surface area (Å²) in [7, 11) is 3.53. The lowest BCUT2D eigenvalue weighted by Gasteiger charge is -2.18. The molecule has 3 heterocycles. The van der Waals surface area contributed by atoms with E-state index in [0.29, 0.717) is 51.4 Å². The molecule has 0 saturated carbocycles. The van der Waals surface area contributed by atoms with Crippen LogP contribution in [0.15, 0.2) is 48.5 Å². The average Bonchev–Trinajstić information content (AvgIpc) is 3.49. The molecule has 0 amide bonds. The number of hydrogen-bond acceptors (Lipinski definition) is 8. The van der Waals surface area contributed by atoms with Crippen LogP contribution in [0.3, 0.4) is 0 Å². The fraction of sp³-hybridized carbons (Fsp3) is 0.250.